The molecule has 30 heavy (non-hydrogen) atoms. The number of carbonyl (C=O) groups excluding carboxylic acids is 2. The van der Waals surface area contributed by atoms with Gasteiger partial charge >= 0.3 is 11.6 Å². The number of rotatable bonds is 6. The smallest absolute Gasteiger partial charge is 0.336 e. The molecule has 1 aromatic heterocycles. The monoisotopic (exact) mass is 537 g/mol. The topological polar surface area (TPSA) is 94.8 Å². The lowest BCUT2D eigenvalue weighted by Gasteiger charge is -2.17. The fourth-order valence-electron chi connectivity index (χ4n) is 2.99. The summed E-state index contributed by atoms with van der Waals surface area (Å²) >= 11 is 6.67. The average Bonchev–Trinajstić information content (AvgIpc) is 2.71. The molecule has 2 aromatic carbocycles. The second kappa shape index (κ2) is 9.44. The number of ether oxygens (including phenoxy) is 2. The molecule has 0 aliphatic heterocycles. The molecule has 156 valence electrons. The first-order chi connectivity index (χ1) is 14.3. The highest BCUT2D eigenvalue weighted by molar-refractivity contribution is 9.11. The number of esters is 1. The van der Waals surface area contributed by atoms with Gasteiger partial charge in [0.15, 0.2) is 0 Å². The summed E-state index contributed by atoms with van der Waals surface area (Å²) in [4.78, 5) is 37.1. The molecule has 3 rings (SSSR count). The first kappa shape index (κ1) is 22.0. The van der Waals surface area contributed by atoms with Crippen molar-refractivity contribution >= 4 is 54.7 Å². The van der Waals surface area contributed by atoms with Crippen LogP contribution < -0.4 is 15.7 Å². The van der Waals surface area contributed by atoms with E-state index in [9.17, 15) is 14.4 Å². The lowest BCUT2D eigenvalue weighted by molar-refractivity contribution is -0.142. The Hall–Kier alpha value is -2.65. The number of amides is 1. The van der Waals surface area contributed by atoms with Crippen LogP contribution in [-0.4, -0.2) is 32.1 Å². The number of halogens is 2. The highest BCUT2D eigenvalue weighted by Gasteiger charge is 2.24. The summed E-state index contributed by atoms with van der Waals surface area (Å²) in [5.74, 6) is -0.561. The molecular formula is C21H17Br2NO6. The van der Waals surface area contributed by atoms with E-state index in [1.807, 2.05) is 0 Å². The Morgan fingerprint density at radius 3 is 2.40 bits per heavy atom. The summed E-state index contributed by atoms with van der Waals surface area (Å²) in [6, 6.07) is 10.4. The Bertz CT molecular complexity index is 1150. The Morgan fingerprint density at radius 2 is 1.77 bits per heavy atom. The maximum atomic E-state index is 12.7. The predicted octanol–water partition coefficient (Wildman–Crippen LogP) is 3.84. The van der Waals surface area contributed by atoms with Gasteiger partial charge in [-0.25, -0.2) is 9.59 Å². The van der Waals surface area contributed by atoms with Crippen molar-refractivity contribution in [3.05, 3.63) is 73.0 Å². The van der Waals surface area contributed by atoms with Gasteiger partial charge in [0.05, 0.1) is 14.2 Å². The number of carbonyl (C=O) groups is 2. The first-order valence-electron chi connectivity index (χ1n) is 8.76. The van der Waals surface area contributed by atoms with Gasteiger partial charge in [0.2, 0.25) is 0 Å². The molecule has 3 aromatic rings. The number of hydrogen-bond donors (Lipinski definition) is 1. The normalized spacial score (nSPS) is 11.7. The summed E-state index contributed by atoms with van der Waals surface area (Å²) in [6.07, 6.45) is 0.0437. The molecule has 0 aliphatic rings. The summed E-state index contributed by atoms with van der Waals surface area (Å²) in [7, 11) is 2.74. The van der Waals surface area contributed by atoms with Crippen molar-refractivity contribution in [2.45, 2.75) is 12.5 Å². The molecule has 0 saturated carbocycles. The fraction of sp³-hybridized carbons (Fsp3) is 0.190. The minimum absolute atomic E-state index is 0.0437. The lowest BCUT2D eigenvalue weighted by Crippen LogP contribution is -2.43. The minimum atomic E-state index is -1.01. The summed E-state index contributed by atoms with van der Waals surface area (Å²) in [5.41, 5.74) is 0.640. The van der Waals surface area contributed by atoms with Crippen molar-refractivity contribution in [3.63, 3.8) is 0 Å². The zero-order valence-electron chi connectivity index (χ0n) is 16.0. The van der Waals surface area contributed by atoms with Crippen molar-refractivity contribution < 1.29 is 23.5 Å². The van der Waals surface area contributed by atoms with Gasteiger partial charge in [0.1, 0.15) is 17.4 Å². The van der Waals surface area contributed by atoms with E-state index in [1.54, 1.807) is 36.4 Å². The molecule has 1 atom stereocenters. The van der Waals surface area contributed by atoms with Crippen LogP contribution in [-0.2, 0) is 16.0 Å². The standard InChI is InChI=1S/C21H17Br2NO6/c1-28-15-3-4-16-11(8-19(25)30-18(16)10-15)7-17(21(27)29-2)24-20(26)12-5-13(22)9-14(23)6-12/h3-6,8-10,17H,7H2,1-2H3,(H,24,26)/t17-/m1/s1. The van der Waals surface area contributed by atoms with E-state index in [-0.39, 0.29) is 6.42 Å². The van der Waals surface area contributed by atoms with Crippen LogP contribution in [0.25, 0.3) is 11.0 Å². The third-order valence-electron chi connectivity index (χ3n) is 4.38. The number of hydrogen-bond acceptors (Lipinski definition) is 6. The van der Waals surface area contributed by atoms with Crippen molar-refractivity contribution in [1.29, 1.82) is 0 Å². The molecule has 0 aliphatic carbocycles. The van der Waals surface area contributed by atoms with Crippen LogP contribution >= 0.6 is 31.9 Å². The summed E-state index contributed by atoms with van der Waals surface area (Å²) in [6.45, 7) is 0. The molecule has 1 N–H and O–H groups in total. The molecule has 0 fully saturated rings. The molecule has 0 spiro atoms. The number of methoxy groups -OCH3 is 2. The maximum absolute atomic E-state index is 12.7. The second-order valence-electron chi connectivity index (χ2n) is 6.36. The van der Waals surface area contributed by atoms with E-state index < -0.39 is 23.5 Å². The Labute approximate surface area is 188 Å². The van der Waals surface area contributed by atoms with E-state index in [1.165, 1.54) is 20.3 Å². The Kier molecular flexibility index (Phi) is 6.94. The molecule has 0 saturated heterocycles. The minimum Gasteiger partial charge on any atom is -0.497 e. The summed E-state index contributed by atoms with van der Waals surface area (Å²) < 4.78 is 16.7. The molecule has 0 bridgehead atoms. The van der Waals surface area contributed by atoms with Gasteiger partial charge < -0.3 is 19.2 Å². The molecule has 9 heteroatoms. The molecular weight excluding hydrogens is 522 g/mol. The van der Waals surface area contributed by atoms with Crippen LogP contribution in [0, 0.1) is 0 Å². The highest BCUT2D eigenvalue weighted by atomic mass is 79.9. The van der Waals surface area contributed by atoms with Gasteiger partial charge in [-0.05, 0) is 35.9 Å². The average molecular weight is 539 g/mol. The quantitative estimate of drug-likeness (QED) is 0.378. The van der Waals surface area contributed by atoms with E-state index in [0.717, 1.165) is 0 Å². The van der Waals surface area contributed by atoms with E-state index >= 15 is 0 Å². The number of fused-ring (bicyclic) bond motifs is 1. The fourth-order valence-corrected chi connectivity index (χ4v) is 4.28. The van der Waals surface area contributed by atoms with Crippen LogP contribution in [0.15, 0.2) is 60.6 Å². The third-order valence-corrected chi connectivity index (χ3v) is 5.29. The van der Waals surface area contributed by atoms with Crippen molar-refractivity contribution in [3.8, 4) is 5.75 Å². The molecule has 0 radical (unpaired) electrons. The predicted molar refractivity (Wildman–Crippen MR) is 118 cm³/mol. The zero-order valence-corrected chi connectivity index (χ0v) is 19.2. The van der Waals surface area contributed by atoms with Gasteiger partial charge in [0.25, 0.3) is 5.91 Å². The Morgan fingerprint density at radius 1 is 1.07 bits per heavy atom. The summed E-state index contributed by atoms with van der Waals surface area (Å²) in [5, 5.41) is 3.31. The van der Waals surface area contributed by atoms with Gasteiger partial charge in [-0.15, -0.1) is 0 Å². The number of benzene rings is 2. The third kappa shape index (κ3) is 5.09. The van der Waals surface area contributed by atoms with Crippen molar-refractivity contribution in [2.24, 2.45) is 0 Å². The SMILES string of the molecule is COC(=O)[C@@H](Cc1cc(=O)oc2cc(OC)ccc12)NC(=O)c1cc(Br)cc(Br)c1. The first-order valence-corrected chi connectivity index (χ1v) is 10.3. The van der Waals surface area contributed by atoms with Crippen LogP contribution in [0.4, 0.5) is 0 Å². The largest absolute Gasteiger partial charge is 0.497 e. The number of nitrogens with one attached hydrogen (secondary N) is 1. The zero-order chi connectivity index (χ0) is 21.8. The molecule has 7 nitrogen and oxygen atoms in total. The molecule has 1 amide bonds. The van der Waals surface area contributed by atoms with Crippen LogP contribution in [0.5, 0.6) is 5.75 Å². The van der Waals surface area contributed by atoms with Gasteiger partial charge in [0, 0.05) is 38.4 Å². The van der Waals surface area contributed by atoms with Crippen LogP contribution in [0.2, 0.25) is 0 Å². The lowest BCUT2D eigenvalue weighted by atomic mass is 10.0. The van der Waals surface area contributed by atoms with Crippen molar-refractivity contribution in [2.75, 3.05) is 14.2 Å². The van der Waals surface area contributed by atoms with Gasteiger partial charge in [-0.1, -0.05) is 31.9 Å². The molecule has 0 unspecified atom stereocenters. The van der Waals surface area contributed by atoms with Crippen LogP contribution in [0.3, 0.4) is 0 Å². The van der Waals surface area contributed by atoms with E-state index in [4.69, 9.17) is 13.9 Å². The maximum Gasteiger partial charge on any atom is 0.336 e. The van der Waals surface area contributed by atoms with Crippen LogP contribution in [0.1, 0.15) is 15.9 Å². The Balaban J connectivity index is 1.95. The van der Waals surface area contributed by atoms with Crippen molar-refractivity contribution in [1.82, 2.24) is 5.32 Å². The van der Waals surface area contributed by atoms with Gasteiger partial charge in [-0.3, -0.25) is 4.79 Å². The van der Waals surface area contributed by atoms with Gasteiger partial charge in [-0.2, -0.15) is 0 Å². The van der Waals surface area contributed by atoms with E-state index in [2.05, 4.69) is 37.2 Å². The highest BCUT2D eigenvalue weighted by Crippen LogP contribution is 2.24. The molecule has 1 heterocycles. The van der Waals surface area contributed by atoms with E-state index in [0.29, 0.717) is 36.8 Å². The second-order valence-corrected chi connectivity index (χ2v) is 8.20.